The maximum Gasteiger partial charge on any atom is 0.416 e. The molecule has 3 rings (SSSR count). The topological polar surface area (TPSA) is 50.8 Å². The van der Waals surface area contributed by atoms with Crippen LogP contribution in [0.5, 0.6) is 11.5 Å². The first-order valence-electron chi connectivity index (χ1n) is 7.41. The van der Waals surface area contributed by atoms with E-state index in [1.54, 1.807) is 25.2 Å². The summed E-state index contributed by atoms with van der Waals surface area (Å²) in [6.45, 7) is 0.315. The van der Waals surface area contributed by atoms with Crippen molar-refractivity contribution in [3.8, 4) is 11.5 Å². The van der Waals surface area contributed by atoms with Gasteiger partial charge in [0.25, 0.3) is 0 Å². The Morgan fingerprint density at radius 2 is 1.80 bits per heavy atom. The Hall–Kier alpha value is -2.90. The average molecular weight is 352 g/mol. The van der Waals surface area contributed by atoms with Crippen LogP contribution in [-0.2, 0) is 12.7 Å². The molecule has 2 aromatic rings. The summed E-state index contributed by atoms with van der Waals surface area (Å²) in [5.74, 6) is 1.15. The highest BCUT2D eigenvalue weighted by Gasteiger charge is 2.30. The molecule has 5 nitrogen and oxygen atoms in total. The van der Waals surface area contributed by atoms with Gasteiger partial charge in [0.05, 0.1) is 5.56 Å². The van der Waals surface area contributed by atoms with Gasteiger partial charge in [-0.15, -0.1) is 0 Å². The highest BCUT2D eigenvalue weighted by molar-refractivity contribution is 5.89. The van der Waals surface area contributed by atoms with Crippen LogP contribution in [0.15, 0.2) is 42.5 Å². The number of fused-ring (bicyclic) bond motifs is 1. The van der Waals surface area contributed by atoms with E-state index in [0.717, 1.165) is 12.1 Å². The number of alkyl halides is 3. The minimum Gasteiger partial charge on any atom is -0.454 e. The maximum atomic E-state index is 12.6. The third-order valence-corrected chi connectivity index (χ3v) is 3.67. The third-order valence-electron chi connectivity index (χ3n) is 3.67. The van der Waals surface area contributed by atoms with Crippen molar-refractivity contribution in [3.63, 3.8) is 0 Å². The number of carbonyl (C=O) groups is 1. The van der Waals surface area contributed by atoms with Crippen LogP contribution in [-0.4, -0.2) is 24.8 Å². The number of halogens is 3. The molecule has 1 aliphatic heterocycles. The smallest absolute Gasteiger partial charge is 0.416 e. The SMILES string of the molecule is CN(Cc1ccc(C(F)(F)F)cc1)C(=O)Nc1ccc2c(c1)OCO2. The number of amides is 2. The van der Waals surface area contributed by atoms with Crippen LogP contribution >= 0.6 is 0 Å². The molecular weight excluding hydrogens is 337 g/mol. The van der Waals surface area contributed by atoms with E-state index in [9.17, 15) is 18.0 Å². The van der Waals surface area contributed by atoms with Gasteiger partial charge < -0.3 is 19.7 Å². The van der Waals surface area contributed by atoms with Gasteiger partial charge in [-0.05, 0) is 29.8 Å². The molecule has 0 aliphatic carbocycles. The highest BCUT2D eigenvalue weighted by Crippen LogP contribution is 2.34. The van der Waals surface area contributed by atoms with Gasteiger partial charge in [-0.25, -0.2) is 4.79 Å². The van der Waals surface area contributed by atoms with E-state index in [4.69, 9.17) is 9.47 Å². The summed E-state index contributed by atoms with van der Waals surface area (Å²) in [7, 11) is 1.56. The number of urea groups is 1. The van der Waals surface area contributed by atoms with Gasteiger partial charge in [0, 0.05) is 25.3 Å². The summed E-state index contributed by atoms with van der Waals surface area (Å²) in [4.78, 5) is 13.6. The Balaban J connectivity index is 1.61. The van der Waals surface area contributed by atoms with Crippen LogP contribution in [0, 0.1) is 0 Å². The molecular formula is C17H15F3N2O3. The minimum absolute atomic E-state index is 0.139. The first kappa shape index (κ1) is 16.9. The molecule has 0 spiro atoms. The Morgan fingerprint density at radius 3 is 2.48 bits per heavy atom. The summed E-state index contributed by atoms with van der Waals surface area (Å²) in [6, 6.07) is 9.33. The molecule has 1 N–H and O–H groups in total. The molecule has 1 heterocycles. The van der Waals surface area contributed by atoms with Gasteiger partial charge in [0.15, 0.2) is 11.5 Å². The van der Waals surface area contributed by atoms with Crippen molar-refractivity contribution in [1.29, 1.82) is 0 Å². The van der Waals surface area contributed by atoms with Crippen molar-refractivity contribution >= 4 is 11.7 Å². The van der Waals surface area contributed by atoms with Crippen molar-refractivity contribution in [2.45, 2.75) is 12.7 Å². The second kappa shape index (κ2) is 6.54. The monoisotopic (exact) mass is 352 g/mol. The van der Waals surface area contributed by atoms with Gasteiger partial charge in [-0.3, -0.25) is 0 Å². The second-order valence-corrected chi connectivity index (χ2v) is 5.55. The number of nitrogens with one attached hydrogen (secondary N) is 1. The van der Waals surface area contributed by atoms with Crippen molar-refractivity contribution in [1.82, 2.24) is 4.90 Å². The number of carbonyl (C=O) groups excluding carboxylic acids is 1. The third kappa shape index (κ3) is 3.96. The number of anilines is 1. The molecule has 0 saturated carbocycles. The number of ether oxygens (including phenoxy) is 2. The lowest BCUT2D eigenvalue weighted by Gasteiger charge is -2.18. The van der Waals surface area contributed by atoms with E-state index in [1.807, 2.05) is 0 Å². The summed E-state index contributed by atoms with van der Waals surface area (Å²) in [6.07, 6.45) is -4.37. The van der Waals surface area contributed by atoms with E-state index in [-0.39, 0.29) is 13.3 Å². The van der Waals surface area contributed by atoms with Crippen LogP contribution in [0.25, 0.3) is 0 Å². The number of rotatable bonds is 3. The summed E-state index contributed by atoms with van der Waals surface area (Å²) in [5, 5.41) is 2.70. The first-order valence-corrected chi connectivity index (χ1v) is 7.41. The first-order chi connectivity index (χ1) is 11.8. The summed E-state index contributed by atoms with van der Waals surface area (Å²) >= 11 is 0. The van der Waals surface area contributed by atoms with Gasteiger partial charge in [0.1, 0.15) is 0 Å². The van der Waals surface area contributed by atoms with Gasteiger partial charge in [-0.2, -0.15) is 13.2 Å². The summed E-state index contributed by atoms with van der Waals surface area (Å²) in [5.41, 5.74) is 0.411. The molecule has 2 amide bonds. The number of hydrogen-bond donors (Lipinski definition) is 1. The Bertz CT molecular complexity index is 776. The van der Waals surface area contributed by atoms with Gasteiger partial charge >= 0.3 is 12.2 Å². The van der Waals surface area contributed by atoms with Gasteiger partial charge in [0.2, 0.25) is 6.79 Å². The van der Waals surface area contributed by atoms with Gasteiger partial charge in [-0.1, -0.05) is 12.1 Å². The molecule has 0 bridgehead atoms. The van der Waals surface area contributed by atoms with Crippen LogP contribution < -0.4 is 14.8 Å². The number of nitrogens with zero attached hydrogens (tertiary/aromatic N) is 1. The average Bonchev–Trinajstić information content (AvgIpc) is 3.02. The molecule has 0 unspecified atom stereocenters. The number of benzene rings is 2. The summed E-state index contributed by atoms with van der Waals surface area (Å²) < 4.78 is 48.1. The second-order valence-electron chi connectivity index (χ2n) is 5.55. The zero-order valence-corrected chi connectivity index (χ0v) is 13.3. The molecule has 0 radical (unpaired) electrons. The molecule has 132 valence electrons. The predicted octanol–water partition coefficient (Wildman–Crippen LogP) is 4.10. The quantitative estimate of drug-likeness (QED) is 0.905. The molecule has 0 aromatic heterocycles. The molecule has 1 aliphatic rings. The zero-order chi connectivity index (χ0) is 18.0. The van der Waals surface area contributed by atoms with Crippen LogP contribution in [0.3, 0.4) is 0 Å². The van der Waals surface area contributed by atoms with Crippen molar-refractivity contribution in [3.05, 3.63) is 53.6 Å². The maximum absolute atomic E-state index is 12.6. The number of hydrogen-bond acceptors (Lipinski definition) is 3. The van der Waals surface area contributed by atoms with E-state index < -0.39 is 17.8 Å². The van der Waals surface area contributed by atoms with E-state index in [0.29, 0.717) is 22.7 Å². The van der Waals surface area contributed by atoms with Crippen molar-refractivity contribution in [2.75, 3.05) is 19.2 Å². The molecule has 25 heavy (non-hydrogen) atoms. The molecule has 0 saturated heterocycles. The van der Waals surface area contributed by atoms with Crippen LogP contribution in [0.4, 0.5) is 23.7 Å². The molecule has 8 heteroatoms. The molecule has 0 atom stereocenters. The largest absolute Gasteiger partial charge is 0.454 e. The Kier molecular flexibility index (Phi) is 4.43. The predicted molar refractivity (Wildman–Crippen MR) is 84.5 cm³/mol. The van der Waals surface area contributed by atoms with E-state index >= 15 is 0 Å². The lowest BCUT2D eigenvalue weighted by Crippen LogP contribution is -2.30. The lowest BCUT2D eigenvalue weighted by molar-refractivity contribution is -0.137. The van der Waals surface area contributed by atoms with Crippen molar-refractivity contribution in [2.24, 2.45) is 0 Å². The van der Waals surface area contributed by atoms with Crippen LogP contribution in [0.1, 0.15) is 11.1 Å². The fourth-order valence-corrected chi connectivity index (χ4v) is 2.34. The Labute approximate surface area is 142 Å². The van der Waals surface area contributed by atoms with E-state index in [1.165, 1.54) is 17.0 Å². The lowest BCUT2D eigenvalue weighted by atomic mass is 10.1. The molecule has 0 fully saturated rings. The fourth-order valence-electron chi connectivity index (χ4n) is 2.34. The normalized spacial score (nSPS) is 12.8. The zero-order valence-electron chi connectivity index (χ0n) is 13.3. The van der Waals surface area contributed by atoms with Crippen molar-refractivity contribution < 1.29 is 27.4 Å². The highest BCUT2D eigenvalue weighted by atomic mass is 19.4. The molecule has 2 aromatic carbocycles. The van der Waals surface area contributed by atoms with E-state index in [2.05, 4.69) is 5.32 Å². The Morgan fingerprint density at radius 1 is 1.12 bits per heavy atom. The van der Waals surface area contributed by atoms with Crippen LogP contribution in [0.2, 0.25) is 0 Å². The minimum atomic E-state index is -4.37. The fraction of sp³-hybridized carbons (Fsp3) is 0.235. The standard InChI is InChI=1S/C17H15F3N2O3/c1-22(9-11-2-4-12(5-3-11)17(18,19)20)16(23)21-13-6-7-14-15(8-13)25-10-24-14/h2-8H,9-10H2,1H3,(H,21,23).